The number of hydrogen-bond acceptors (Lipinski definition) is 7. The van der Waals surface area contributed by atoms with E-state index in [0.29, 0.717) is 5.69 Å². The maximum absolute atomic E-state index is 13.1. The lowest BCUT2D eigenvalue weighted by molar-refractivity contribution is 0.308. The van der Waals surface area contributed by atoms with E-state index < -0.39 is 5.82 Å². The highest BCUT2D eigenvalue weighted by molar-refractivity contribution is 9.10. The van der Waals surface area contributed by atoms with E-state index in [1.165, 1.54) is 18.2 Å². The smallest absolute Gasteiger partial charge is 0.199 e. The molecule has 2 aromatic rings. The van der Waals surface area contributed by atoms with Crippen LogP contribution in [-0.2, 0) is 0 Å². The van der Waals surface area contributed by atoms with Crippen molar-refractivity contribution >= 4 is 33.3 Å². The van der Waals surface area contributed by atoms with Gasteiger partial charge in [0, 0.05) is 0 Å². The van der Waals surface area contributed by atoms with Crippen LogP contribution in [0.5, 0.6) is 0 Å². The van der Waals surface area contributed by atoms with Crippen molar-refractivity contribution < 1.29 is 9.02 Å². The van der Waals surface area contributed by atoms with Gasteiger partial charge < -0.3 is 5.73 Å². The molecule has 3 N–H and O–H groups in total. The van der Waals surface area contributed by atoms with Crippen LogP contribution in [0.1, 0.15) is 5.69 Å². The van der Waals surface area contributed by atoms with Gasteiger partial charge in [-0.3, -0.25) is 0 Å². The van der Waals surface area contributed by atoms with E-state index in [2.05, 4.69) is 46.6 Å². The summed E-state index contributed by atoms with van der Waals surface area (Å²) in [6.07, 6.45) is 0. The van der Waals surface area contributed by atoms with E-state index in [-0.39, 0.29) is 21.8 Å². The van der Waals surface area contributed by atoms with Crippen molar-refractivity contribution in [2.75, 3.05) is 5.73 Å². The van der Waals surface area contributed by atoms with Crippen LogP contribution in [0, 0.1) is 10.7 Å². The van der Waals surface area contributed by atoms with Gasteiger partial charge in [-0.2, -0.15) is 0 Å². The lowest BCUT2D eigenvalue weighted by Gasteiger charge is -2.01. The number of amidine groups is 1. The first kappa shape index (κ1) is 13.1. The molecule has 0 atom stereocenters. The van der Waals surface area contributed by atoms with Gasteiger partial charge in [-0.15, -0.1) is 4.91 Å². The molecule has 0 aliphatic carbocycles. The highest BCUT2D eigenvalue weighted by atomic mass is 79.9. The summed E-state index contributed by atoms with van der Waals surface area (Å²) in [7, 11) is 0. The molecule has 0 amide bonds. The van der Waals surface area contributed by atoms with Crippen LogP contribution in [-0.4, -0.2) is 16.1 Å². The average Bonchev–Trinajstić information content (AvgIpc) is 2.79. The van der Waals surface area contributed by atoms with Gasteiger partial charge in [0.05, 0.1) is 15.4 Å². The summed E-state index contributed by atoms with van der Waals surface area (Å²) in [6.45, 7) is 0. The Bertz CT molecular complexity index is 643. The second-order valence-electron chi connectivity index (χ2n) is 3.26. The van der Waals surface area contributed by atoms with Gasteiger partial charge in [-0.05, 0) is 44.4 Å². The quantitative estimate of drug-likeness (QED) is 0.384. The number of aromatic nitrogens is 2. The lowest BCUT2D eigenvalue weighted by Crippen LogP contribution is -2.19. The second-order valence-corrected chi connectivity index (χ2v) is 4.11. The summed E-state index contributed by atoms with van der Waals surface area (Å²) in [4.78, 5) is 14.3. The first-order chi connectivity index (χ1) is 9.11. The molecule has 0 fully saturated rings. The van der Waals surface area contributed by atoms with Crippen molar-refractivity contribution in [2.24, 2.45) is 10.3 Å². The van der Waals surface area contributed by atoms with Gasteiger partial charge in [-0.1, -0.05) is 0 Å². The van der Waals surface area contributed by atoms with Crippen LogP contribution in [0.4, 0.5) is 15.9 Å². The van der Waals surface area contributed by atoms with Crippen molar-refractivity contribution in [2.45, 2.75) is 0 Å². The van der Waals surface area contributed by atoms with Crippen molar-refractivity contribution in [3.8, 4) is 0 Å². The molecule has 0 bridgehead atoms. The Labute approximate surface area is 113 Å². The fourth-order valence-corrected chi connectivity index (χ4v) is 1.58. The maximum Gasteiger partial charge on any atom is 0.199 e. The van der Waals surface area contributed by atoms with Crippen LogP contribution in [0.15, 0.2) is 37.6 Å². The molecule has 1 aromatic heterocycles. The molecule has 2 rings (SSSR count). The number of nitroso groups, excluding NO2 is 1. The monoisotopic (exact) mass is 328 g/mol. The summed E-state index contributed by atoms with van der Waals surface area (Å²) in [5, 5.41) is 9.32. The largest absolute Gasteiger partial charge is 0.379 e. The summed E-state index contributed by atoms with van der Waals surface area (Å²) >= 11 is 3.02. The summed E-state index contributed by atoms with van der Waals surface area (Å²) in [6, 6.07) is 4.01. The Morgan fingerprint density at radius 1 is 1.47 bits per heavy atom. The van der Waals surface area contributed by atoms with E-state index in [0.717, 1.165) is 0 Å². The SMILES string of the molecule is Nc1nonc1C(=Nc1ccc(F)c(Br)c1)NN=O. The number of halogens is 2. The first-order valence-corrected chi connectivity index (χ1v) is 5.61. The average molecular weight is 329 g/mol. The lowest BCUT2D eigenvalue weighted by atomic mass is 10.3. The van der Waals surface area contributed by atoms with Crippen LogP contribution in [0.3, 0.4) is 0 Å². The molecule has 0 spiro atoms. The Hall–Kier alpha value is -2.36. The number of nitrogens with two attached hydrogens (primary N) is 1. The number of rotatable bonds is 3. The summed E-state index contributed by atoms with van der Waals surface area (Å²) < 4.78 is 17.7. The topological polar surface area (TPSA) is 119 Å². The molecule has 98 valence electrons. The Morgan fingerprint density at radius 3 is 2.84 bits per heavy atom. The highest BCUT2D eigenvalue weighted by Crippen LogP contribution is 2.22. The molecule has 0 saturated carbocycles. The fourth-order valence-electron chi connectivity index (χ4n) is 1.22. The van der Waals surface area contributed by atoms with Crippen LogP contribution in [0.25, 0.3) is 0 Å². The molecule has 1 aromatic carbocycles. The molecule has 10 heteroatoms. The molecule has 1 heterocycles. The van der Waals surface area contributed by atoms with Gasteiger partial charge in [0.25, 0.3) is 0 Å². The van der Waals surface area contributed by atoms with E-state index in [9.17, 15) is 9.30 Å². The molecular weight excluding hydrogens is 323 g/mol. The number of hydrogen-bond donors (Lipinski definition) is 2. The van der Waals surface area contributed by atoms with Crippen molar-refractivity contribution in [3.63, 3.8) is 0 Å². The summed E-state index contributed by atoms with van der Waals surface area (Å²) in [5.74, 6) is -0.562. The number of nitrogens with zero attached hydrogens (tertiary/aromatic N) is 4. The standard InChI is InChI=1S/C9H6BrFN6O2/c10-5-3-4(1-2-6(5)11)13-9(14-17-18)7-8(12)16-19-15-7/h1-3H,(H2,12,16)(H,13,14,18). The van der Waals surface area contributed by atoms with Gasteiger partial charge in [0.2, 0.25) is 0 Å². The van der Waals surface area contributed by atoms with Gasteiger partial charge >= 0.3 is 0 Å². The third kappa shape index (κ3) is 2.91. The van der Waals surface area contributed by atoms with Crippen molar-refractivity contribution in [1.82, 2.24) is 15.7 Å². The molecule has 0 saturated heterocycles. The maximum atomic E-state index is 13.1. The van der Waals surface area contributed by atoms with E-state index in [1.54, 1.807) is 0 Å². The van der Waals surface area contributed by atoms with Gasteiger partial charge in [0.1, 0.15) is 5.82 Å². The molecule has 0 radical (unpaired) electrons. The minimum atomic E-state index is -0.440. The zero-order valence-electron chi connectivity index (χ0n) is 9.17. The molecular formula is C9H6BrFN6O2. The molecule has 8 nitrogen and oxygen atoms in total. The van der Waals surface area contributed by atoms with Gasteiger partial charge in [-0.25, -0.2) is 19.4 Å². The highest BCUT2D eigenvalue weighted by Gasteiger charge is 2.14. The third-order valence-corrected chi connectivity index (χ3v) is 2.64. The van der Waals surface area contributed by atoms with Crippen molar-refractivity contribution in [3.05, 3.63) is 39.1 Å². The van der Waals surface area contributed by atoms with E-state index >= 15 is 0 Å². The zero-order valence-corrected chi connectivity index (χ0v) is 10.8. The van der Waals surface area contributed by atoms with Gasteiger partial charge in [0.15, 0.2) is 17.3 Å². The minimum absolute atomic E-state index is 0.0278. The number of aliphatic imine (C=N–C) groups is 1. The Kier molecular flexibility index (Phi) is 3.80. The molecule has 0 aliphatic rings. The van der Waals surface area contributed by atoms with Crippen molar-refractivity contribution in [1.29, 1.82) is 0 Å². The van der Waals surface area contributed by atoms with Crippen LogP contribution < -0.4 is 11.2 Å². The van der Waals surface area contributed by atoms with E-state index in [4.69, 9.17) is 5.73 Å². The number of nitrogens with one attached hydrogen (secondary N) is 1. The predicted octanol–water partition coefficient (Wildman–Crippen LogP) is 1.90. The fraction of sp³-hybridized carbons (Fsp3) is 0. The van der Waals surface area contributed by atoms with Crippen LogP contribution in [0.2, 0.25) is 0 Å². The Morgan fingerprint density at radius 2 is 2.26 bits per heavy atom. The zero-order chi connectivity index (χ0) is 13.8. The normalized spacial score (nSPS) is 11.4. The predicted molar refractivity (Wildman–Crippen MR) is 67.9 cm³/mol. The second kappa shape index (κ2) is 5.52. The number of anilines is 1. The minimum Gasteiger partial charge on any atom is -0.379 e. The summed E-state index contributed by atoms with van der Waals surface area (Å²) in [5.41, 5.74) is 7.93. The molecule has 19 heavy (non-hydrogen) atoms. The van der Waals surface area contributed by atoms with Crippen LogP contribution >= 0.6 is 15.9 Å². The number of nitrogen functional groups attached to an aromatic ring is 1. The number of benzene rings is 1. The molecule has 0 unspecified atom stereocenters. The third-order valence-electron chi connectivity index (χ3n) is 2.03. The van der Waals surface area contributed by atoms with E-state index in [1.807, 2.05) is 0 Å². The molecule has 0 aliphatic heterocycles. The first-order valence-electron chi connectivity index (χ1n) is 4.82. The Balaban J connectivity index is 2.43.